The molecule has 0 bridgehead atoms. The third-order valence-electron chi connectivity index (χ3n) is 2.59. The third kappa shape index (κ3) is 3.01. The van der Waals surface area contributed by atoms with Crippen molar-refractivity contribution >= 4 is 21.7 Å². The summed E-state index contributed by atoms with van der Waals surface area (Å²) in [4.78, 5) is 16.2. The summed E-state index contributed by atoms with van der Waals surface area (Å²) in [6.07, 6.45) is 1.81. The van der Waals surface area contributed by atoms with Crippen LogP contribution < -0.4 is 0 Å². The first-order valence-electron chi connectivity index (χ1n) is 5.46. The van der Waals surface area contributed by atoms with Crippen molar-refractivity contribution in [2.45, 2.75) is 13.3 Å². The van der Waals surface area contributed by atoms with Gasteiger partial charge in [-0.25, -0.2) is 4.39 Å². The number of aryl methyl sites for hydroxylation is 1. The second-order valence-corrected chi connectivity index (χ2v) is 4.93. The van der Waals surface area contributed by atoms with E-state index < -0.39 is 0 Å². The zero-order valence-electron chi connectivity index (χ0n) is 9.78. The predicted molar refractivity (Wildman–Crippen MR) is 71.1 cm³/mol. The number of pyridine rings is 1. The zero-order valence-corrected chi connectivity index (χ0v) is 11.4. The first-order chi connectivity index (χ1) is 8.56. The van der Waals surface area contributed by atoms with Crippen LogP contribution in [0, 0.1) is 12.7 Å². The molecule has 0 spiro atoms. The lowest BCUT2D eigenvalue weighted by atomic mass is 10.0. The van der Waals surface area contributed by atoms with Crippen molar-refractivity contribution in [3.05, 3.63) is 63.6 Å². The Morgan fingerprint density at radius 1 is 1.39 bits per heavy atom. The van der Waals surface area contributed by atoms with Gasteiger partial charge in [-0.2, -0.15) is 0 Å². The molecule has 0 aliphatic heterocycles. The van der Waals surface area contributed by atoms with Crippen LogP contribution in [-0.2, 0) is 6.42 Å². The number of carbonyl (C=O) groups is 1. The highest BCUT2D eigenvalue weighted by atomic mass is 79.9. The highest BCUT2D eigenvalue weighted by molar-refractivity contribution is 9.10. The molecule has 1 aromatic heterocycles. The Kier molecular flexibility index (Phi) is 3.87. The first-order valence-corrected chi connectivity index (χ1v) is 6.25. The van der Waals surface area contributed by atoms with E-state index in [0.717, 1.165) is 0 Å². The van der Waals surface area contributed by atoms with Gasteiger partial charge < -0.3 is 0 Å². The molecule has 0 amide bonds. The van der Waals surface area contributed by atoms with Gasteiger partial charge in [-0.3, -0.25) is 9.78 Å². The minimum Gasteiger partial charge on any atom is -0.294 e. The number of hydrogen-bond acceptors (Lipinski definition) is 2. The Labute approximate surface area is 113 Å². The van der Waals surface area contributed by atoms with Crippen LogP contribution in [0.2, 0.25) is 0 Å². The van der Waals surface area contributed by atoms with Gasteiger partial charge in [0, 0.05) is 28.3 Å². The topological polar surface area (TPSA) is 30.0 Å². The van der Waals surface area contributed by atoms with Crippen LogP contribution in [0.4, 0.5) is 4.39 Å². The van der Waals surface area contributed by atoms with Gasteiger partial charge in [0.2, 0.25) is 0 Å². The summed E-state index contributed by atoms with van der Waals surface area (Å²) >= 11 is 3.21. The molecule has 18 heavy (non-hydrogen) atoms. The van der Waals surface area contributed by atoms with Gasteiger partial charge >= 0.3 is 0 Å². The largest absolute Gasteiger partial charge is 0.294 e. The molecule has 0 fully saturated rings. The van der Waals surface area contributed by atoms with E-state index in [2.05, 4.69) is 20.9 Å². The van der Waals surface area contributed by atoms with Crippen LogP contribution in [0.3, 0.4) is 0 Å². The second kappa shape index (κ2) is 5.40. The number of nitrogens with zero attached hydrogens (tertiary/aromatic N) is 1. The maximum Gasteiger partial charge on any atom is 0.169 e. The van der Waals surface area contributed by atoms with Gasteiger partial charge in [-0.15, -0.1) is 0 Å². The molecule has 0 aliphatic carbocycles. The predicted octanol–water partition coefficient (Wildman–Crippen LogP) is 3.72. The monoisotopic (exact) mass is 307 g/mol. The van der Waals surface area contributed by atoms with Gasteiger partial charge in [-0.1, -0.05) is 15.9 Å². The van der Waals surface area contributed by atoms with E-state index in [1.54, 1.807) is 31.3 Å². The fourth-order valence-electron chi connectivity index (χ4n) is 1.77. The molecule has 0 unspecified atom stereocenters. The van der Waals surface area contributed by atoms with E-state index in [1.165, 1.54) is 12.1 Å². The molecule has 0 radical (unpaired) electrons. The van der Waals surface area contributed by atoms with Crippen LogP contribution >= 0.6 is 15.9 Å². The van der Waals surface area contributed by atoms with E-state index in [1.807, 2.05) is 0 Å². The number of hydrogen-bond donors (Lipinski definition) is 0. The van der Waals surface area contributed by atoms with Crippen molar-refractivity contribution in [3.8, 4) is 0 Å². The van der Waals surface area contributed by atoms with Crippen molar-refractivity contribution in [1.29, 1.82) is 0 Å². The van der Waals surface area contributed by atoms with Crippen LogP contribution in [0.1, 0.15) is 21.6 Å². The number of benzene rings is 1. The van der Waals surface area contributed by atoms with Gasteiger partial charge in [0.25, 0.3) is 0 Å². The zero-order chi connectivity index (χ0) is 13.1. The first kappa shape index (κ1) is 12.9. The van der Waals surface area contributed by atoms with E-state index in [9.17, 15) is 9.18 Å². The Balaban J connectivity index is 2.24. The summed E-state index contributed by atoms with van der Waals surface area (Å²) < 4.78 is 13.8. The molecule has 92 valence electrons. The molecule has 2 rings (SSSR count). The van der Waals surface area contributed by atoms with E-state index in [-0.39, 0.29) is 18.0 Å². The van der Waals surface area contributed by atoms with Crippen molar-refractivity contribution in [2.24, 2.45) is 0 Å². The molecule has 0 atom stereocenters. The van der Waals surface area contributed by atoms with Gasteiger partial charge in [0.05, 0.1) is 0 Å². The summed E-state index contributed by atoms with van der Waals surface area (Å²) in [7, 11) is 0. The molecule has 0 aliphatic rings. The maximum absolute atomic E-state index is 13.2. The van der Waals surface area contributed by atoms with Gasteiger partial charge in [0.15, 0.2) is 5.78 Å². The normalized spacial score (nSPS) is 10.4. The quantitative estimate of drug-likeness (QED) is 0.809. The summed E-state index contributed by atoms with van der Waals surface area (Å²) in [5.41, 5.74) is 1.92. The number of Topliss-reactive ketones (excluding diaryl/α,β-unsaturated/α-hetero) is 1. The van der Waals surface area contributed by atoms with E-state index >= 15 is 0 Å². The Morgan fingerprint density at radius 2 is 2.17 bits per heavy atom. The van der Waals surface area contributed by atoms with Crippen LogP contribution in [0.5, 0.6) is 0 Å². The van der Waals surface area contributed by atoms with Crippen molar-refractivity contribution < 1.29 is 9.18 Å². The Bertz CT molecular complexity index is 578. The molecular formula is C14H11BrFNO. The highest BCUT2D eigenvalue weighted by Gasteiger charge is 2.11. The number of halogens is 2. The fourth-order valence-corrected chi connectivity index (χ4v) is 2.29. The Hall–Kier alpha value is -1.55. The minimum atomic E-state index is -0.352. The summed E-state index contributed by atoms with van der Waals surface area (Å²) in [5.74, 6) is -0.409. The number of aromatic nitrogens is 1. The average molecular weight is 308 g/mol. The van der Waals surface area contributed by atoms with Crippen molar-refractivity contribution in [2.75, 3.05) is 0 Å². The molecular weight excluding hydrogens is 297 g/mol. The molecule has 0 N–H and O–H groups in total. The van der Waals surface area contributed by atoms with Gasteiger partial charge in [-0.05, 0) is 42.8 Å². The number of ketones is 1. The van der Waals surface area contributed by atoms with Crippen molar-refractivity contribution in [1.82, 2.24) is 4.98 Å². The van der Waals surface area contributed by atoms with Gasteiger partial charge in [0.1, 0.15) is 5.82 Å². The standard InChI is InChI=1S/C14H11BrFNO/c1-9-13(3-2-4-17-9)14(18)7-10-5-11(15)8-12(16)6-10/h2-6,8H,7H2,1H3. The van der Waals surface area contributed by atoms with E-state index in [4.69, 9.17) is 0 Å². The Morgan fingerprint density at radius 3 is 2.83 bits per heavy atom. The SMILES string of the molecule is Cc1ncccc1C(=O)Cc1cc(F)cc(Br)c1. The molecule has 2 nitrogen and oxygen atoms in total. The van der Waals surface area contributed by atoms with Crippen LogP contribution in [-0.4, -0.2) is 10.8 Å². The number of rotatable bonds is 3. The van der Waals surface area contributed by atoms with Crippen LogP contribution in [0.15, 0.2) is 41.0 Å². The lowest BCUT2D eigenvalue weighted by molar-refractivity contribution is 0.0992. The van der Waals surface area contributed by atoms with Crippen molar-refractivity contribution in [3.63, 3.8) is 0 Å². The summed E-state index contributed by atoms with van der Waals surface area (Å²) in [5, 5.41) is 0. The molecule has 1 aromatic carbocycles. The average Bonchev–Trinajstić information content (AvgIpc) is 2.27. The molecule has 0 saturated carbocycles. The second-order valence-electron chi connectivity index (χ2n) is 4.01. The molecule has 0 saturated heterocycles. The maximum atomic E-state index is 13.2. The lowest BCUT2D eigenvalue weighted by Gasteiger charge is -2.05. The smallest absolute Gasteiger partial charge is 0.169 e. The fraction of sp³-hybridized carbons (Fsp3) is 0.143. The lowest BCUT2D eigenvalue weighted by Crippen LogP contribution is -2.06. The molecule has 2 aromatic rings. The summed E-state index contributed by atoms with van der Waals surface area (Å²) in [6, 6.07) is 7.94. The number of carbonyl (C=O) groups excluding carboxylic acids is 1. The highest BCUT2D eigenvalue weighted by Crippen LogP contribution is 2.17. The third-order valence-corrected chi connectivity index (χ3v) is 3.05. The minimum absolute atomic E-state index is 0.0573. The molecule has 4 heteroatoms. The van der Waals surface area contributed by atoms with E-state index in [0.29, 0.717) is 21.3 Å². The summed E-state index contributed by atoms with van der Waals surface area (Å²) in [6.45, 7) is 1.79. The molecule has 1 heterocycles. The van der Waals surface area contributed by atoms with Crippen LogP contribution in [0.25, 0.3) is 0 Å².